The lowest BCUT2D eigenvalue weighted by molar-refractivity contribution is -0.115. The topological polar surface area (TPSA) is 51.2 Å². The van der Waals surface area contributed by atoms with Crippen LogP contribution in [0.4, 0.5) is 0 Å². The summed E-state index contributed by atoms with van der Waals surface area (Å²) < 4.78 is 19.4. The SMILES string of the molecule is CC(=O)C(Cl)(Br)S(C)(=O)=O. The summed E-state index contributed by atoms with van der Waals surface area (Å²) in [6.07, 6.45) is 0.885. The third-order valence-electron chi connectivity index (χ3n) is 0.876. The van der Waals surface area contributed by atoms with Gasteiger partial charge >= 0.3 is 0 Å². The summed E-state index contributed by atoms with van der Waals surface area (Å²) in [5.74, 6) is -0.642. The molecule has 1 unspecified atom stereocenters. The summed E-state index contributed by atoms with van der Waals surface area (Å²) in [6, 6.07) is 0. The number of hydrogen-bond acceptors (Lipinski definition) is 3. The van der Waals surface area contributed by atoms with Crippen LogP contribution in [0.15, 0.2) is 0 Å². The maximum Gasteiger partial charge on any atom is 0.256 e. The van der Waals surface area contributed by atoms with E-state index in [1.165, 1.54) is 0 Å². The molecule has 0 heterocycles. The van der Waals surface area contributed by atoms with Gasteiger partial charge in [-0.3, -0.25) is 4.79 Å². The van der Waals surface area contributed by atoms with Crippen LogP contribution in [0.3, 0.4) is 0 Å². The van der Waals surface area contributed by atoms with Crippen molar-refractivity contribution < 1.29 is 13.2 Å². The van der Waals surface area contributed by atoms with E-state index in [1.807, 2.05) is 0 Å². The summed E-state index contributed by atoms with van der Waals surface area (Å²) >= 11 is 7.92. The van der Waals surface area contributed by atoms with Gasteiger partial charge in [0, 0.05) is 6.26 Å². The normalized spacial score (nSPS) is 18.0. The molecule has 0 aromatic heterocycles. The van der Waals surface area contributed by atoms with Crippen molar-refractivity contribution in [1.82, 2.24) is 0 Å². The summed E-state index contributed by atoms with van der Waals surface area (Å²) in [5, 5.41) is 0. The largest absolute Gasteiger partial charge is 0.296 e. The predicted octanol–water partition coefficient (Wildman–Crippen LogP) is 0.908. The predicted molar refractivity (Wildman–Crippen MR) is 43.0 cm³/mol. The third kappa shape index (κ3) is 1.93. The summed E-state index contributed by atoms with van der Waals surface area (Å²) in [6.45, 7) is 1.10. The molecule has 0 N–H and O–H groups in total. The Morgan fingerprint density at radius 1 is 1.60 bits per heavy atom. The van der Waals surface area contributed by atoms with E-state index in [-0.39, 0.29) is 0 Å². The second kappa shape index (κ2) is 2.79. The van der Waals surface area contributed by atoms with Crippen molar-refractivity contribution in [3.8, 4) is 0 Å². The van der Waals surface area contributed by atoms with E-state index in [0.29, 0.717) is 0 Å². The lowest BCUT2D eigenvalue weighted by Gasteiger charge is -2.12. The number of carbonyl (C=O) groups is 1. The molecule has 3 nitrogen and oxygen atoms in total. The molecular formula is C4H6BrClO3S. The van der Waals surface area contributed by atoms with Gasteiger partial charge in [-0.15, -0.1) is 0 Å². The van der Waals surface area contributed by atoms with Crippen LogP contribution in [0, 0.1) is 0 Å². The fourth-order valence-electron chi connectivity index (χ4n) is 0.261. The first kappa shape index (κ1) is 10.4. The maximum absolute atomic E-state index is 10.7. The van der Waals surface area contributed by atoms with Gasteiger partial charge in [-0.05, 0) is 22.9 Å². The zero-order valence-corrected chi connectivity index (χ0v) is 8.55. The molecule has 0 amide bonds. The summed E-state index contributed by atoms with van der Waals surface area (Å²) in [7, 11) is -3.57. The molecule has 60 valence electrons. The minimum atomic E-state index is -3.57. The van der Waals surface area contributed by atoms with Gasteiger partial charge in [-0.2, -0.15) is 0 Å². The Balaban J connectivity index is 4.95. The Morgan fingerprint density at radius 2 is 1.90 bits per heavy atom. The van der Waals surface area contributed by atoms with Gasteiger partial charge in [0.1, 0.15) is 0 Å². The van der Waals surface area contributed by atoms with Crippen molar-refractivity contribution in [2.45, 2.75) is 10.0 Å². The first-order valence-electron chi connectivity index (χ1n) is 2.28. The first-order valence-corrected chi connectivity index (χ1v) is 5.34. The molecule has 0 aliphatic carbocycles. The van der Waals surface area contributed by atoms with Gasteiger partial charge in [0.25, 0.3) is 3.12 Å². The summed E-state index contributed by atoms with van der Waals surface area (Å²) in [5.41, 5.74) is 0. The molecule has 0 aromatic carbocycles. The molecule has 0 saturated heterocycles. The van der Waals surface area contributed by atoms with Gasteiger partial charge in [0.2, 0.25) is 0 Å². The molecule has 6 heteroatoms. The Morgan fingerprint density at radius 3 is 1.90 bits per heavy atom. The minimum absolute atomic E-state index is 0.642. The van der Waals surface area contributed by atoms with E-state index in [1.54, 1.807) is 0 Å². The number of alkyl halides is 2. The quantitative estimate of drug-likeness (QED) is 0.684. The summed E-state index contributed by atoms with van der Waals surface area (Å²) in [4.78, 5) is 10.6. The van der Waals surface area contributed by atoms with Crippen LogP contribution in [-0.4, -0.2) is 23.6 Å². The lowest BCUT2D eigenvalue weighted by Crippen LogP contribution is -2.32. The van der Waals surface area contributed by atoms with Gasteiger partial charge in [0.05, 0.1) is 0 Å². The molecule has 0 bridgehead atoms. The highest BCUT2D eigenvalue weighted by Crippen LogP contribution is 2.30. The number of Topliss-reactive ketones (excluding diaryl/α,β-unsaturated/α-hetero) is 1. The molecule has 0 aliphatic rings. The van der Waals surface area contributed by atoms with Crippen LogP contribution in [0.2, 0.25) is 0 Å². The fraction of sp³-hybridized carbons (Fsp3) is 0.750. The van der Waals surface area contributed by atoms with E-state index in [9.17, 15) is 13.2 Å². The Bertz CT molecular complexity index is 243. The third-order valence-corrected chi connectivity index (χ3v) is 5.52. The number of halogens is 2. The van der Waals surface area contributed by atoms with Gasteiger partial charge in [-0.25, -0.2) is 8.42 Å². The van der Waals surface area contributed by atoms with Crippen LogP contribution < -0.4 is 0 Å². The first-order chi connectivity index (χ1) is 4.19. The lowest BCUT2D eigenvalue weighted by atomic mass is 10.5. The number of sulfone groups is 1. The van der Waals surface area contributed by atoms with Crippen LogP contribution in [0.25, 0.3) is 0 Å². The molecule has 0 aromatic rings. The molecule has 0 radical (unpaired) electrons. The Labute approximate surface area is 72.8 Å². The highest BCUT2D eigenvalue weighted by atomic mass is 79.9. The molecule has 0 fully saturated rings. The van der Waals surface area contributed by atoms with E-state index < -0.39 is 18.7 Å². The van der Waals surface area contributed by atoms with Crippen LogP contribution in [-0.2, 0) is 14.6 Å². The standard InChI is InChI=1S/C4H6BrClO3S/c1-3(7)4(5,6)10(2,8)9/h1-2H3. The molecule has 1 atom stereocenters. The van der Waals surface area contributed by atoms with Crippen LogP contribution in [0.1, 0.15) is 6.92 Å². The number of carbonyl (C=O) groups excluding carboxylic acids is 1. The second-order valence-electron chi connectivity index (χ2n) is 1.85. The molecular weight excluding hydrogens is 243 g/mol. The molecule has 10 heavy (non-hydrogen) atoms. The second-order valence-corrected chi connectivity index (χ2v) is 6.96. The smallest absolute Gasteiger partial charge is 0.256 e. The van der Waals surface area contributed by atoms with Crippen molar-refractivity contribution in [2.24, 2.45) is 0 Å². The zero-order chi connectivity index (χ0) is 8.58. The molecule has 0 saturated carbocycles. The van der Waals surface area contributed by atoms with Gasteiger partial charge in [0.15, 0.2) is 15.6 Å². The van der Waals surface area contributed by atoms with E-state index in [4.69, 9.17) is 11.6 Å². The fourth-order valence-corrected chi connectivity index (χ4v) is 0.783. The van der Waals surface area contributed by atoms with E-state index in [0.717, 1.165) is 13.2 Å². The average Bonchev–Trinajstić information content (AvgIpc) is 1.62. The maximum atomic E-state index is 10.7. The molecule has 0 rings (SSSR count). The minimum Gasteiger partial charge on any atom is -0.296 e. The Kier molecular flexibility index (Phi) is 2.90. The average molecular weight is 250 g/mol. The number of rotatable bonds is 2. The molecule has 0 spiro atoms. The van der Waals surface area contributed by atoms with Crippen molar-refractivity contribution >= 4 is 43.2 Å². The van der Waals surface area contributed by atoms with E-state index in [2.05, 4.69) is 15.9 Å². The van der Waals surface area contributed by atoms with Gasteiger partial charge in [-0.1, -0.05) is 11.6 Å². The van der Waals surface area contributed by atoms with Crippen molar-refractivity contribution in [3.05, 3.63) is 0 Å². The van der Waals surface area contributed by atoms with Gasteiger partial charge < -0.3 is 0 Å². The number of ketones is 1. The van der Waals surface area contributed by atoms with Crippen molar-refractivity contribution in [3.63, 3.8) is 0 Å². The monoisotopic (exact) mass is 248 g/mol. The highest BCUT2D eigenvalue weighted by Gasteiger charge is 2.40. The van der Waals surface area contributed by atoms with Crippen molar-refractivity contribution in [1.29, 1.82) is 0 Å². The van der Waals surface area contributed by atoms with Crippen molar-refractivity contribution in [2.75, 3.05) is 6.26 Å². The van der Waals surface area contributed by atoms with Crippen LogP contribution in [0.5, 0.6) is 0 Å². The highest BCUT2D eigenvalue weighted by molar-refractivity contribution is 9.12. The van der Waals surface area contributed by atoms with E-state index >= 15 is 0 Å². The molecule has 0 aliphatic heterocycles. The Hall–Kier alpha value is 0.390. The zero-order valence-electron chi connectivity index (χ0n) is 5.39. The van der Waals surface area contributed by atoms with Crippen LogP contribution >= 0.6 is 27.5 Å². The number of hydrogen-bond donors (Lipinski definition) is 0.